The largest absolute Gasteiger partial charge is 0.452 e. The number of nitrogens with zero attached hydrogens (tertiary/aromatic N) is 2. The molecule has 1 aromatic carbocycles. The number of ether oxygens (including phenoxy) is 1. The maximum atomic E-state index is 12.9. The molecule has 1 aliphatic heterocycles. The van der Waals surface area contributed by atoms with Crippen LogP contribution in [0, 0.1) is 0 Å². The molecule has 0 atom stereocenters. The van der Waals surface area contributed by atoms with Gasteiger partial charge in [-0.25, -0.2) is 17.5 Å². The normalized spacial score (nSPS) is 14.5. The lowest BCUT2D eigenvalue weighted by Crippen LogP contribution is -2.32. The molecule has 8 nitrogen and oxygen atoms in total. The Bertz CT molecular complexity index is 1010. The molecule has 2 heterocycles. The highest BCUT2D eigenvalue weighted by Gasteiger charge is 2.25. The van der Waals surface area contributed by atoms with Gasteiger partial charge in [0.2, 0.25) is 10.0 Å². The van der Waals surface area contributed by atoms with Crippen molar-refractivity contribution in [1.29, 1.82) is 0 Å². The number of piperidine rings is 1. The summed E-state index contributed by atoms with van der Waals surface area (Å²) in [5.74, 6) is -1.14. The summed E-state index contributed by atoms with van der Waals surface area (Å²) in [7, 11) is -0.848. The Hall–Kier alpha value is -2.43. The van der Waals surface area contributed by atoms with Gasteiger partial charge in [-0.05, 0) is 48.9 Å². The van der Waals surface area contributed by atoms with Crippen molar-refractivity contribution in [1.82, 2.24) is 9.62 Å². The highest BCUT2D eigenvalue weighted by molar-refractivity contribution is 7.89. The fourth-order valence-electron chi connectivity index (χ4n) is 3.32. The third-order valence-electron chi connectivity index (χ3n) is 5.04. The van der Waals surface area contributed by atoms with Gasteiger partial charge in [-0.3, -0.25) is 4.79 Å². The van der Waals surface area contributed by atoms with Crippen LogP contribution < -0.4 is 10.2 Å². The number of amides is 1. The number of nitrogens with one attached hydrogen (secondary N) is 1. The van der Waals surface area contributed by atoms with E-state index in [0.29, 0.717) is 12.2 Å². The Morgan fingerprint density at radius 3 is 2.55 bits per heavy atom. The van der Waals surface area contributed by atoms with Crippen LogP contribution in [0.25, 0.3) is 0 Å². The van der Waals surface area contributed by atoms with Gasteiger partial charge < -0.3 is 15.0 Å². The average Bonchev–Trinajstić information content (AvgIpc) is 3.30. The number of benzene rings is 1. The van der Waals surface area contributed by atoms with Crippen LogP contribution in [0.4, 0.5) is 5.69 Å². The fraction of sp³-hybridized carbons (Fsp3) is 0.429. The average molecular weight is 466 g/mol. The summed E-state index contributed by atoms with van der Waals surface area (Å²) in [6, 6.07) is 8.28. The van der Waals surface area contributed by atoms with Crippen LogP contribution in [-0.2, 0) is 26.1 Å². The highest BCUT2D eigenvalue weighted by atomic mass is 32.2. The first kappa shape index (κ1) is 23.2. The van der Waals surface area contributed by atoms with Crippen molar-refractivity contribution in [2.24, 2.45) is 0 Å². The lowest BCUT2D eigenvalue weighted by Gasteiger charge is -2.30. The number of anilines is 1. The summed E-state index contributed by atoms with van der Waals surface area (Å²) < 4.78 is 31.4. The molecule has 0 unspecified atom stereocenters. The van der Waals surface area contributed by atoms with Gasteiger partial charge in [-0.15, -0.1) is 11.3 Å². The molecular weight excluding hydrogens is 438 g/mol. The highest BCUT2D eigenvalue weighted by Crippen LogP contribution is 2.28. The standard InChI is InChI=1S/C21H27N3O5S2/c1-23(2)31(27,28)17-8-9-19(24-10-4-3-5-11-24)18(13-17)21(26)29-15-20(25)22-14-16-7-6-12-30-16/h6-9,12-13H,3-5,10-11,14-15H2,1-2H3,(H,22,25). The zero-order valence-electron chi connectivity index (χ0n) is 17.7. The first-order valence-corrected chi connectivity index (χ1v) is 12.4. The van der Waals surface area contributed by atoms with E-state index < -0.39 is 28.5 Å². The van der Waals surface area contributed by atoms with E-state index in [2.05, 4.69) is 10.2 Å². The van der Waals surface area contributed by atoms with Gasteiger partial charge in [-0.2, -0.15) is 0 Å². The molecule has 0 radical (unpaired) electrons. The van der Waals surface area contributed by atoms with Crippen molar-refractivity contribution >= 4 is 38.9 Å². The molecule has 31 heavy (non-hydrogen) atoms. The SMILES string of the molecule is CN(C)S(=O)(=O)c1ccc(N2CCCCC2)c(C(=O)OCC(=O)NCc2cccs2)c1. The summed E-state index contributed by atoms with van der Waals surface area (Å²) in [5, 5.41) is 4.62. The van der Waals surface area contributed by atoms with Crippen molar-refractivity contribution in [2.75, 3.05) is 38.7 Å². The van der Waals surface area contributed by atoms with E-state index >= 15 is 0 Å². The number of sulfonamides is 1. The lowest BCUT2D eigenvalue weighted by atomic mass is 10.1. The van der Waals surface area contributed by atoms with E-state index in [1.165, 1.54) is 37.6 Å². The number of esters is 1. The minimum absolute atomic E-state index is 0.00681. The maximum Gasteiger partial charge on any atom is 0.340 e. The second kappa shape index (κ2) is 10.3. The van der Waals surface area contributed by atoms with Gasteiger partial charge in [0.1, 0.15) is 0 Å². The predicted molar refractivity (Wildman–Crippen MR) is 120 cm³/mol. The first-order valence-electron chi connectivity index (χ1n) is 10.1. The Morgan fingerprint density at radius 1 is 1.16 bits per heavy atom. The van der Waals surface area contributed by atoms with Crippen LogP contribution in [0.5, 0.6) is 0 Å². The minimum atomic E-state index is -3.72. The van der Waals surface area contributed by atoms with Gasteiger partial charge in [0.25, 0.3) is 5.91 Å². The number of hydrogen-bond acceptors (Lipinski definition) is 7. The molecule has 1 aromatic heterocycles. The van der Waals surface area contributed by atoms with Crippen LogP contribution in [-0.4, -0.2) is 58.4 Å². The molecule has 0 spiro atoms. The summed E-state index contributed by atoms with van der Waals surface area (Å²) in [6.07, 6.45) is 3.11. The minimum Gasteiger partial charge on any atom is -0.452 e. The maximum absolute atomic E-state index is 12.9. The van der Waals surface area contributed by atoms with Crippen molar-refractivity contribution in [3.63, 3.8) is 0 Å². The van der Waals surface area contributed by atoms with Gasteiger partial charge in [-0.1, -0.05) is 6.07 Å². The van der Waals surface area contributed by atoms with Crippen LogP contribution >= 0.6 is 11.3 Å². The van der Waals surface area contributed by atoms with Crippen LogP contribution in [0.1, 0.15) is 34.5 Å². The quantitative estimate of drug-likeness (QED) is 0.602. The predicted octanol–water partition coefficient (Wildman–Crippen LogP) is 2.46. The molecular formula is C21H27N3O5S2. The van der Waals surface area contributed by atoms with E-state index in [-0.39, 0.29) is 10.5 Å². The molecule has 0 aliphatic carbocycles. The Labute approximate surface area is 186 Å². The van der Waals surface area contributed by atoms with Gasteiger partial charge in [0, 0.05) is 32.1 Å². The third-order valence-corrected chi connectivity index (χ3v) is 7.72. The summed E-state index contributed by atoms with van der Waals surface area (Å²) in [5.41, 5.74) is 0.775. The first-order chi connectivity index (χ1) is 14.8. The number of rotatable bonds is 8. The number of carbonyl (C=O) groups excluding carboxylic acids is 2. The monoisotopic (exact) mass is 465 g/mol. The van der Waals surface area contributed by atoms with E-state index in [9.17, 15) is 18.0 Å². The third kappa shape index (κ3) is 5.84. The Balaban J connectivity index is 1.76. The summed E-state index contributed by atoms with van der Waals surface area (Å²) in [6.45, 7) is 1.49. The molecule has 3 rings (SSSR count). The fourth-order valence-corrected chi connectivity index (χ4v) is 4.89. The zero-order valence-corrected chi connectivity index (χ0v) is 19.3. The van der Waals surface area contributed by atoms with Crippen molar-refractivity contribution in [3.8, 4) is 0 Å². The van der Waals surface area contributed by atoms with Crippen LogP contribution in [0.15, 0.2) is 40.6 Å². The Kier molecular flexibility index (Phi) is 7.69. The smallest absolute Gasteiger partial charge is 0.340 e. The summed E-state index contributed by atoms with van der Waals surface area (Å²) in [4.78, 5) is 28.0. The number of hydrogen-bond donors (Lipinski definition) is 1. The van der Waals surface area contributed by atoms with E-state index in [4.69, 9.17) is 4.74 Å². The second-order valence-electron chi connectivity index (χ2n) is 7.45. The Morgan fingerprint density at radius 2 is 1.90 bits per heavy atom. The lowest BCUT2D eigenvalue weighted by molar-refractivity contribution is -0.124. The van der Waals surface area contributed by atoms with E-state index in [0.717, 1.165) is 41.5 Å². The van der Waals surface area contributed by atoms with Crippen molar-refractivity contribution in [2.45, 2.75) is 30.7 Å². The molecule has 1 amide bonds. The molecule has 1 fully saturated rings. The van der Waals surface area contributed by atoms with Crippen molar-refractivity contribution < 1.29 is 22.7 Å². The van der Waals surface area contributed by atoms with E-state index in [1.54, 1.807) is 6.07 Å². The van der Waals surface area contributed by atoms with Gasteiger partial charge in [0.05, 0.1) is 22.7 Å². The molecule has 1 N–H and O–H groups in total. The molecule has 2 aromatic rings. The molecule has 1 saturated heterocycles. The topological polar surface area (TPSA) is 96.0 Å². The van der Waals surface area contributed by atoms with Crippen LogP contribution in [0.3, 0.4) is 0 Å². The second-order valence-corrected chi connectivity index (χ2v) is 10.6. The number of carbonyl (C=O) groups is 2. The van der Waals surface area contributed by atoms with E-state index in [1.807, 2.05) is 17.5 Å². The molecule has 0 bridgehead atoms. The van der Waals surface area contributed by atoms with Gasteiger partial charge in [0.15, 0.2) is 6.61 Å². The molecule has 1 aliphatic rings. The van der Waals surface area contributed by atoms with Crippen molar-refractivity contribution in [3.05, 3.63) is 46.2 Å². The zero-order chi connectivity index (χ0) is 22.4. The van der Waals surface area contributed by atoms with Gasteiger partial charge >= 0.3 is 5.97 Å². The van der Waals surface area contributed by atoms with Crippen LogP contribution in [0.2, 0.25) is 0 Å². The molecule has 10 heteroatoms. The molecule has 0 saturated carbocycles. The number of thiophene rings is 1. The molecule has 168 valence electrons. The summed E-state index contributed by atoms with van der Waals surface area (Å²) >= 11 is 1.52.